The van der Waals surface area contributed by atoms with Gasteiger partial charge in [-0.25, -0.2) is 0 Å². The van der Waals surface area contributed by atoms with Crippen molar-refractivity contribution in [1.29, 1.82) is 0 Å². The molecule has 1 atom stereocenters. The molecule has 0 radical (unpaired) electrons. The lowest BCUT2D eigenvalue weighted by Crippen LogP contribution is -2.27. The molecule has 120 valence electrons. The van der Waals surface area contributed by atoms with Gasteiger partial charge in [-0.3, -0.25) is 0 Å². The van der Waals surface area contributed by atoms with Gasteiger partial charge in [-0.2, -0.15) is 0 Å². The Morgan fingerprint density at radius 1 is 0.952 bits per heavy atom. The van der Waals surface area contributed by atoms with Crippen LogP contribution in [0.3, 0.4) is 0 Å². The Morgan fingerprint density at radius 2 is 1.71 bits per heavy atom. The standard InChI is InChI=1S/C20H35N/c1-17(2)10-7-5-6-8-15-21-19(4)13-14-20-12-9-11-18(3)16-20/h9,11-12,16-17,19,21H,5-8,10,13-15H2,1-4H3. The summed E-state index contributed by atoms with van der Waals surface area (Å²) in [6.07, 6.45) is 9.32. The summed E-state index contributed by atoms with van der Waals surface area (Å²) in [5.41, 5.74) is 2.84. The number of benzene rings is 1. The second-order valence-corrected chi connectivity index (χ2v) is 6.98. The fourth-order valence-corrected chi connectivity index (χ4v) is 2.73. The fourth-order valence-electron chi connectivity index (χ4n) is 2.73. The summed E-state index contributed by atoms with van der Waals surface area (Å²) in [5.74, 6) is 0.866. The first-order valence-electron chi connectivity index (χ1n) is 8.87. The number of unbranched alkanes of at least 4 members (excludes halogenated alkanes) is 3. The first-order valence-corrected chi connectivity index (χ1v) is 8.87. The number of hydrogen-bond acceptors (Lipinski definition) is 1. The van der Waals surface area contributed by atoms with Crippen molar-refractivity contribution in [3.63, 3.8) is 0 Å². The average molecular weight is 290 g/mol. The van der Waals surface area contributed by atoms with Crippen LogP contribution in [-0.4, -0.2) is 12.6 Å². The summed E-state index contributed by atoms with van der Waals surface area (Å²) < 4.78 is 0. The van der Waals surface area contributed by atoms with Crippen LogP contribution in [0.15, 0.2) is 24.3 Å². The molecule has 0 saturated heterocycles. The fraction of sp³-hybridized carbons (Fsp3) is 0.700. The first-order chi connectivity index (χ1) is 10.1. The van der Waals surface area contributed by atoms with Crippen LogP contribution in [0.1, 0.15) is 70.4 Å². The summed E-state index contributed by atoms with van der Waals surface area (Å²) >= 11 is 0. The Morgan fingerprint density at radius 3 is 2.43 bits per heavy atom. The lowest BCUT2D eigenvalue weighted by atomic mass is 10.0. The molecule has 0 spiro atoms. The van der Waals surface area contributed by atoms with Crippen molar-refractivity contribution in [2.24, 2.45) is 5.92 Å². The molecule has 0 heterocycles. The summed E-state index contributed by atoms with van der Waals surface area (Å²) in [5, 5.41) is 3.67. The third-order valence-corrected chi connectivity index (χ3v) is 4.15. The molecule has 21 heavy (non-hydrogen) atoms. The van der Waals surface area contributed by atoms with Gasteiger partial charge in [-0.05, 0) is 51.1 Å². The highest BCUT2D eigenvalue weighted by Gasteiger charge is 2.02. The van der Waals surface area contributed by atoms with Crippen LogP contribution in [-0.2, 0) is 6.42 Å². The maximum Gasteiger partial charge on any atom is 0.00418 e. The number of hydrogen-bond donors (Lipinski definition) is 1. The van der Waals surface area contributed by atoms with Gasteiger partial charge in [0.25, 0.3) is 0 Å². The Kier molecular flexibility index (Phi) is 9.41. The molecule has 1 aromatic rings. The Labute approximate surface area is 132 Å². The van der Waals surface area contributed by atoms with Crippen LogP contribution in [0.5, 0.6) is 0 Å². The predicted octanol–water partition coefficient (Wildman–Crippen LogP) is 5.51. The van der Waals surface area contributed by atoms with Gasteiger partial charge in [0.1, 0.15) is 0 Å². The highest BCUT2D eigenvalue weighted by Crippen LogP contribution is 2.10. The van der Waals surface area contributed by atoms with Crippen molar-refractivity contribution in [2.45, 2.75) is 78.7 Å². The van der Waals surface area contributed by atoms with Gasteiger partial charge < -0.3 is 5.32 Å². The van der Waals surface area contributed by atoms with Gasteiger partial charge in [0.2, 0.25) is 0 Å². The average Bonchev–Trinajstić information content (AvgIpc) is 2.44. The number of rotatable bonds is 11. The van der Waals surface area contributed by atoms with E-state index in [0.29, 0.717) is 6.04 Å². The molecule has 1 nitrogen and oxygen atoms in total. The molecular weight excluding hydrogens is 254 g/mol. The molecule has 1 aromatic carbocycles. The van der Waals surface area contributed by atoms with Gasteiger partial charge in [-0.15, -0.1) is 0 Å². The van der Waals surface area contributed by atoms with E-state index in [4.69, 9.17) is 0 Å². The lowest BCUT2D eigenvalue weighted by Gasteiger charge is -2.14. The molecule has 1 heteroatoms. The second kappa shape index (κ2) is 10.8. The molecule has 0 aliphatic rings. The molecule has 0 aliphatic carbocycles. The predicted molar refractivity (Wildman–Crippen MR) is 94.9 cm³/mol. The van der Waals surface area contributed by atoms with Crippen molar-refractivity contribution in [3.05, 3.63) is 35.4 Å². The Balaban J connectivity index is 2.00. The third-order valence-electron chi connectivity index (χ3n) is 4.15. The van der Waals surface area contributed by atoms with Gasteiger partial charge in [0, 0.05) is 6.04 Å². The van der Waals surface area contributed by atoms with Crippen LogP contribution in [0.25, 0.3) is 0 Å². The molecular formula is C20H35N. The third kappa shape index (κ3) is 9.68. The van der Waals surface area contributed by atoms with E-state index < -0.39 is 0 Å². The van der Waals surface area contributed by atoms with E-state index in [9.17, 15) is 0 Å². The first kappa shape index (κ1) is 18.2. The Bertz CT molecular complexity index is 370. The van der Waals surface area contributed by atoms with E-state index in [0.717, 1.165) is 5.92 Å². The second-order valence-electron chi connectivity index (χ2n) is 6.98. The largest absolute Gasteiger partial charge is 0.314 e. The van der Waals surface area contributed by atoms with Crippen molar-refractivity contribution in [1.82, 2.24) is 5.32 Å². The van der Waals surface area contributed by atoms with Crippen molar-refractivity contribution in [3.8, 4) is 0 Å². The quantitative estimate of drug-likeness (QED) is 0.529. The molecule has 1 unspecified atom stereocenters. The lowest BCUT2D eigenvalue weighted by molar-refractivity contribution is 0.479. The minimum absolute atomic E-state index is 0.626. The van der Waals surface area contributed by atoms with Gasteiger partial charge in [0.05, 0.1) is 0 Å². The zero-order valence-electron chi connectivity index (χ0n) is 14.6. The van der Waals surface area contributed by atoms with Crippen LogP contribution < -0.4 is 5.32 Å². The zero-order chi connectivity index (χ0) is 15.5. The number of aryl methyl sites for hydroxylation is 2. The maximum atomic E-state index is 3.67. The van der Waals surface area contributed by atoms with Gasteiger partial charge in [0.15, 0.2) is 0 Å². The monoisotopic (exact) mass is 289 g/mol. The van der Waals surface area contributed by atoms with E-state index in [-0.39, 0.29) is 0 Å². The Hall–Kier alpha value is -0.820. The molecule has 0 aliphatic heterocycles. The minimum Gasteiger partial charge on any atom is -0.314 e. The molecule has 0 amide bonds. The molecule has 0 aromatic heterocycles. The molecule has 0 fully saturated rings. The summed E-state index contributed by atoms with van der Waals surface area (Å²) in [6.45, 7) is 10.3. The SMILES string of the molecule is Cc1cccc(CCC(C)NCCCCCCC(C)C)c1. The molecule has 0 bridgehead atoms. The van der Waals surface area contributed by atoms with Gasteiger partial charge in [-0.1, -0.05) is 69.4 Å². The topological polar surface area (TPSA) is 12.0 Å². The van der Waals surface area contributed by atoms with Crippen molar-refractivity contribution >= 4 is 0 Å². The zero-order valence-corrected chi connectivity index (χ0v) is 14.6. The normalized spacial score (nSPS) is 12.8. The minimum atomic E-state index is 0.626. The molecule has 1 rings (SSSR count). The number of nitrogens with one attached hydrogen (secondary N) is 1. The van der Waals surface area contributed by atoms with Crippen molar-refractivity contribution < 1.29 is 0 Å². The summed E-state index contributed by atoms with van der Waals surface area (Å²) in [6, 6.07) is 9.52. The molecule has 1 N–H and O–H groups in total. The van der Waals surface area contributed by atoms with E-state index in [2.05, 4.69) is 57.3 Å². The van der Waals surface area contributed by atoms with Crippen LogP contribution in [0, 0.1) is 12.8 Å². The highest BCUT2D eigenvalue weighted by molar-refractivity contribution is 5.22. The van der Waals surface area contributed by atoms with Crippen LogP contribution in [0.2, 0.25) is 0 Å². The van der Waals surface area contributed by atoms with E-state index in [1.165, 1.54) is 62.6 Å². The van der Waals surface area contributed by atoms with E-state index in [1.807, 2.05) is 0 Å². The maximum absolute atomic E-state index is 3.67. The van der Waals surface area contributed by atoms with Crippen LogP contribution in [0.4, 0.5) is 0 Å². The van der Waals surface area contributed by atoms with Crippen LogP contribution >= 0.6 is 0 Å². The summed E-state index contributed by atoms with van der Waals surface area (Å²) in [7, 11) is 0. The van der Waals surface area contributed by atoms with E-state index in [1.54, 1.807) is 0 Å². The van der Waals surface area contributed by atoms with E-state index >= 15 is 0 Å². The highest BCUT2D eigenvalue weighted by atomic mass is 14.9. The summed E-state index contributed by atoms with van der Waals surface area (Å²) in [4.78, 5) is 0. The van der Waals surface area contributed by atoms with Crippen molar-refractivity contribution in [2.75, 3.05) is 6.54 Å². The molecule has 0 saturated carbocycles. The van der Waals surface area contributed by atoms with Gasteiger partial charge >= 0.3 is 0 Å². The smallest absolute Gasteiger partial charge is 0.00418 e.